The van der Waals surface area contributed by atoms with Crippen LogP contribution in [0.1, 0.15) is 62.8 Å². The molecule has 0 radical (unpaired) electrons. The van der Waals surface area contributed by atoms with Crippen LogP contribution in [0.25, 0.3) is 17.2 Å². The summed E-state index contributed by atoms with van der Waals surface area (Å²) in [5.41, 5.74) is 8.63. The van der Waals surface area contributed by atoms with Crippen LogP contribution < -0.4 is 10.2 Å². The van der Waals surface area contributed by atoms with E-state index in [0.29, 0.717) is 4.91 Å². The zero-order valence-corrected chi connectivity index (χ0v) is 20.9. The summed E-state index contributed by atoms with van der Waals surface area (Å²) in [6.45, 7) is 11.5. The minimum Gasteiger partial charge on any atom is -0.377 e. The molecular formula is C27H32N2O2S. The zero-order chi connectivity index (χ0) is 23.4. The fourth-order valence-electron chi connectivity index (χ4n) is 4.90. The van der Waals surface area contributed by atoms with Gasteiger partial charge in [0.25, 0.3) is 11.1 Å². The lowest BCUT2D eigenvalue weighted by molar-refractivity contribution is -0.115. The van der Waals surface area contributed by atoms with Crippen LogP contribution in [0.15, 0.2) is 35.2 Å². The standard InChI is InChI=1S/C27H32N2O2S/c1-16-13-19-20(27(4,5)12-11-26(19,2)3)15-18(16)23-17(9-8-10-21(23)29(6)7)14-22-24(30)28-25(31)32-22/h8-10,13-15H,11-12H2,1-7H3,(H,28,30,31). The smallest absolute Gasteiger partial charge is 0.290 e. The molecule has 1 N–H and O–H groups in total. The fourth-order valence-corrected chi connectivity index (χ4v) is 5.57. The largest absolute Gasteiger partial charge is 0.377 e. The van der Waals surface area contributed by atoms with Crippen molar-refractivity contribution >= 4 is 34.7 Å². The van der Waals surface area contributed by atoms with Crippen molar-refractivity contribution in [2.45, 2.75) is 58.3 Å². The van der Waals surface area contributed by atoms with Gasteiger partial charge in [0.15, 0.2) is 0 Å². The molecule has 1 aliphatic carbocycles. The van der Waals surface area contributed by atoms with Gasteiger partial charge in [0.2, 0.25) is 0 Å². The average molecular weight is 449 g/mol. The Morgan fingerprint density at radius 2 is 1.62 bits per heavy atom. The van der Waals surface area contributed by atoms with Crippen LogP contribution in [-0.4, -0.2) is 25.2 Å². The Morgan fingerprint density at radius 3 is 2.19 bits per heavy atom. The Hall–Kier alpha value is -2.53. The van der Waals surface area contributed by atoms with Gasteiger partial charge in [-0.15, -0.1) is 0 Å². The number of imide groups is 1. The van der Waals surface area contributed by atoms with Gasteiger partial charge in [-0.1, -0.05) is 45.9 Å². The van der Waals surface area contributed by atoms with Gasteiger partial charge >= 0.3 is 0 Å². The minimum atomic E-state index is -0.328. The fraction of sp³-hybridized carbons (Fsp3) is 0.407. The highest BCUT2D eigenvalue weighted by atomic mass is 32.2. The van der Waals surface area contributed by atoms with E-state index in [1.807, 2.05) is 32.3 Å². The molecule has 4 rings (SSSR count). The number of nitrogens with one attached hydrogen (secondary N) is 1. The van der Waals surface area contributed by atoms with Gasteiger partial charge < -0.3 is 4.90 Å². The first-order valence-electron chi connectivity index (χ1n) is 11.1. The molecule has 0 unspecified atom stereocenters. The number of nitrogens with zero attached hydrogens (tertiary/aromatic N) is 1. The maximum absolute atomic E-state index is 12.2. The second-order valence-electron chi connectivity index (χ2n) is 10.5. The van der Waals surface area contributed by atoms with E-state index in [0.717, 1.165) is 35.0 Å². The Morgan fingerprint density at radius 1 is 1.00 bits per heavy atom. The highest BCUT2D eigenvalue weighted by Crippen LogP contribution is 2.49. The summed E-state index contributed by atoms with van der Waals surface area (Å²) < 4.78 is 0. The van der Waals surface area contributed by atoms with E-state index in [2.05, 4.69) is 63.0 Å². The average Bonchev–Trinajstić information content (AvgIpc) is 3.02. The number of hydrogen-bond donors (Lipinski definition) is 1. The van der Waals surface area contributed by atoms with Crippen LogP contribution in [0.2, 0.25) is 0 Å². The Balaban J connectivity index is 1.99. The van der Waals surface area contributed by atoms with Gasteiger partial charge in [-0.25, -0.2) is 0 Å². The maximum atomic E-state index is 12.2. The Kier molecular flexibility index (Phi) is 5.52. The predicted molar refractivity (Wildman–Crippen MR) is 135 cm³/mol. The molecule has 32 heavy (non-hydrogen) atoms. The molecule has 2 aromatic carbocycles. The van der Waals surface area contributed by atoms with E-state index in [1.54, 1.807) is 0 Å². The summed E-state index contributed by atoms with van der Waals surface area (Å²) in [4.78, 5) is 26.5. The Bertz CT molecular complexity index is 1160. The number of hydrogen-bond acceptors (Lipinski definition) is 4. The van der Waals surface area contributed by atoms with Crippen molar-refractivity contribution in [3.05, 3.63) is 57.5 Å². The first-order chi connectivity index (χ1) is 14.9. The van der Waals surface area contributed by atoms with Gasteiger partial charge in [-0.3, -0.25) is 14.9 Å². The number of thioether (sulfide) groups is 1. The van der Waals surface area contributed by atoms with E-state index in [9.17, 15) is 9.59 Å². The third-order valence-electron chi connectivity index (χ3n) is 6.95. The highest BCUT2D eigenvalue weighted by molar-refractivity contribution is 8.18. The normalized spacial score (nSPS) is 20.3. The third kappa shape index (κ3) is 3.88. The van der Waals surface area contributed by atoms with Crippen LogP contribution in [0.3, 0.4) is 0 Å². The number of carbonyl (C=O) groups excluding carboxylic acids is 2. The van der Waals surface area contributed by atoms with Crippen molar-refractivity contribution in [2.24, 2.45) is 0 Å². The van der Waals surface area contributed by atoms with Crippen molar-refractivity contribution < 1.29 is 9.59 Å². The van der Waals surface area contributed by atoms with E-state index in [1.165, 1.54) is 28.7 Å². The molecule has 0 spiro atoms. The summed E-state index contributed by atoms with van der Waals surface area (Å²) in [7, 11) is 4.08. The van der Waals surface area contributed by atoms with Gasteiger partial charge in [0, 0.05) is 25.3 Å². The third-order valence-corrected chi connectivity index (χ3v) is 7.76. The predicted octanol–water partition coefficient (Wildman–Crippen LogP) is 6.40. The SMILES string of the molecule is Cc1cc2c(cc1-c1c(C=C3SC(=O)NC3=O)cccc1N(C)C)C(C)(C)CCC2(C)C. The maximum Gasteiger partial charge on any atom is 0.290 e. The zero-order valence-electron chi connectivity index (χ0n) is 20.1. The van der Waals surface area contributed by atoms with E-state index >= 15 is 0 Å². The van der Waals surface area contributed by atoms with Crippen LogP contribution in [0.5, 0.6) is 0 Å². The molecule has 1 heterocycles. The molecule has 0 atom stereocenters. The second kappa shape index (κ2) is 7.80. The molecule has 2 amide bonds. The molecule has 2 aliphatic rings. The number of aryl methyl sites for hydroxylation is 1. The van der Waals surface area contributed by atoms with Crippen molar-refractivity contribution in [3.63, 3.8) is 0 Å². The molecule has 0 saturated carbocycles. The van der Waals surface area contributed by atoms with E-state index in [-0.39, 0.29) is 22.0 Å². The van der Waals surface area contributed by atoms with Gasteiger partial charge in [0.05, 0.1) is 4.91 Å². The van der Waals surface area contributed by atoms with Gasteiger partial charge in [-0.05, 0) is 88.4 Å². The van der Waals surface area contributed by atoms with Crippen molar-refractivity contribution in [1.82, 2.24) is 5.32 Å². The monoisotopic (exact) mass is 448 g/mol. The van der Waals surface area contributed by atoms with Crippen LogP contribution in [0, 0.1) is 6.92 Å². The molecule has 4 nitrogen and oxygen atoms in total. The topological polar surface area (TPSA) is 49.4 Å². The van der Waals surface area contributed by atoms with Gasteiger partial charge in [-0.2, -0.15) is 0 Å². The van der Waals surface area contributed by atoms with Crippen molar-refractivity contribution in [1.29, 1.82) is 0 Å². The molecule has 168 valence electrons. The number of fused-ring (bicyclic) bond motifs is 1. The van der Waals surface area contributed by atoms with E-state index in [4.69, 9.17) is 0 Å². The molecule has 1 saturated heterocycles. The summed E-state index contributed by atoms with van der Waals surface area (Å²) in [5, 5.41) is 2.04. The molecule has 1 aliphatic heterocycles. The Labute approximate surface area is 195 Å². The lowest BCUT2D eigenvalue weighted by Crippen LogP contribution is -2.34. The quantitative estimate of drug-likeness (QED) is 0.552. The summed E-state index contributed by atoms with van der Waals surface area (Å²) in [5.74, 6) is -0.328. The highest BCUT2D eigenvalue weighted by Gasteiger charge is 2.37. The number of benzene rings is 2. The molecule has 0 aromatic heterocycles. The molecule has 5 heteroatoms. The first-order valence-corrected chi connectivity index (χ1v) is 11.9. The minimum absolute atomic E-state index is 0.104. The number of amides is 2. The molecule has 1 fully saturated rings. The van der Waals surface area contributed by atoms with Crippen LogP contribution in [-0.2, 0) is 15.6 Å². The number of anilines is 1. The van der Waals surface area contributed by atoms with Crippen LogP contribution >= 0.6 is 11.8 Å². The van der Waals surface area contributed by atoms with Crippen molar-refractivity contribution in [3.8, 4) is 11.1 Å². The van der Waals surface area contributed by atoms with Crippen molar-refractivity contribution in [2.75, 3.05) is 19.0 Å². The first kappa shape index (κ1) is 22.7. The molecule has 2 aromatic rings. The van der Waals surface area contributed by atoms with Crippen LogP contribution in [0.4, 0.5) is 10.5 Å². The number of carbonyl (C=O) groups is 2. The molecule has 0 bridgehead atoms. The van der Waals surface area contributed by atoms with Gasteiger partial charge in [0.1, 0.15) is 0 Å². The van der Waals surface area contributed by atoms with E-state index < -0.39 is 0 Å². The lowest BCUT2D eigenvalue weighted by atomic mass is 9.62. The second-order valence-corrected chi connectivity index (χ2v) is 11.5. The summed E-state index contributed by atoms with van der Waals surface area (Å²) >= 11 is 0.961. The molecular weight excluding hydrogens is 416 g/mol. The number of rotatable bonds is 3. The summed E-state index contributed by atoms with van der Waals surface area (Å²) in [6, 6.07) is 10.9. The summed E-state index contributed by atoms with van der Waals surface area (Å²) in [6.07, 6.45) is 4.18. The lowest BCUT2D eigenvalue weighted by Gasteiger charge is -2.42.